The molecule has 1 aromatic rings. The third-order valence-corrected chi connectivity index (χ3v) is 3.00. The van der Waals surface area contributed by atoms with E-state index in [0.717, 1.165) is 17.5 Å². The molecule has 0 spiro atoms. The molecule has 0 aliphatic rings. The van der Waals surface area contributed by atoms with Gasteiger partial charge in [0.2, 0.25) is 0 Å². The van der Waals surface area contributed by atoms with Gasteiger partial charge in [0.1, 0.15) is 0 Å². The summed E-state index contributed by atoms with van der Waals surface area (Å²) in [6.07, 6.45) is 2.31. The summed E-state index contributed by atoms with van der Waals surface area (Å²) in [7, 11) is 0. The van der Waals surface area contributed by atoms with Gasteiger partial charge in [-0.2, -0.15) is 0 Å². The van der Waals surface area contributed by atoms with E-state index in [1.807, 2.05) is 18.2 Å². The summed E-state index contributed by atoms with van der Waals surface area (Å²) in [5, 5.41) is 0. The molecular weight excluding hydrogens is 268 g/mol. The molecule has 2 nitrogen and oxygen atoms in total. The van der Waals surface area contributed by atoms with Gasteiger partial charge in [-0.1, -0.05) is 47.5 Å². The minimum Gasteiger partial charge on any atom is -0.379 e. The first-order valence-electron chi connectivity index (χ1n) is 5.73. The molecule has 0 atom stereocenters. The highest BCUT2D eigenvalue weighted by Gasteiger charge is 1.97. The number of halogens is 1. The van der Waals surface area contributed by atoms with Crippen molar-refractivity contribution in [1.29, 1.82) is 0 Å². The van der Waals surface area contributed by atoms with Crippen LogP contribution in [0.2, 0.25) is 0 Å². The summed E-state index contributed by atoms with van der Waals surface area (Å²) in [4.78, 5) is 0. The average Bonchev–Trinajstić information content (AvgIpc) is 2.30. The van der Waals surface area contributed by atoms with Gasteiger partial charge in [0, 0.05) is 11.1 Å². The van der Waals surface area contributed by atoms with Crippen molar-refractivity contribution >= 4 is 15.9 Å². The molecule has 0 saturated heterocycles. The molecule has 0 radical (unpaired) electrons. The van der Waals surface area contributed by atoms with Gasteiger partial charge < -0.3 is 9.47 Å². The second kappa shape index (κ2) is 8.74. The maximum Gasteiger partial charge on any atom is 0.0728 e. The predicted molar refractivity (Wildman–Crippen MR) is 69.5 cm³/mol. The number of hydrogen-bond donors (Lipinski definition) is 0. The van der Waals surface area contributed by atoms with Gasteiger partial charge in [0.25, 0.3) is 0 Å². The van der Waals surface area contributed by atoms with Crippen LogP contribution in [0.1, 0.15) is 25.3 Å². The fourth-order valence-corrected chi connectivity index (χ4v) is 1.66. The molecular formula is C13H19BrO2. The molecule has 0 amide bonds. The average molecular weight is 287 g/mol. The lowest BCUT2D eigenvalue weighted by Crippen LogP contribution is -2.05. The van der Waals surface area contributed by atoms with Crippen molar-refractivity contribution in [2.75, 3.05) is 19.8 Å². The summed E-state index contributed by atoms with van der Waals surface area (Å²) in [5.74, 6) is 0. The van der Waals surface area contributed by atoms with E-state index in [1.54, 1.807) is 0 Å². The van der Waals surface area contributed by atoms with Gasteiger partial charge in [-0.25, -0.2) is 0 Å². The maximum absolute atomic E-state index is 5.53. The van der Waals surface area contributed by atoms with Crippen molar-refractivity contribution in [3.05, 3.63) is 34.3 Å². The van der Waals surface area contributed by atoms with Crippen molar-refractivity contribution in [1.82, 2.24) is 0 Å². The quantitative estimate of drug-likeness (QED) is 0.677. The molecule has 0 heterocycles. The van der Waals surface area contributed by atoms with Gasteiger partial charge in [0.05, 0.1) is 19.8 Å². The Bertz CT molecular complexity index is 289. The highest BCUT2D eigenvalue weighted by Crippen LogP contribution is 2.16. The molecule has 0 fully saturated rings. The van der Waals surface area contributed by atoms with E-state index in [1.165, 1.54) is 12.0 Å². The zero-order valence-corrected chi connectivity index (χ0v) is 11.3. The van der Waals surface area contributed by atoms with Gasteiger partial charge >= 0.3 is 0 Å². The Hall–Kier alpha value is -0.380. The standard InChI is InChI=1S/C13H19BrO2/c1-2-3-8-15-9-10-16-11-12-6-4-5-7-13(12)14/h4-7H,2-3,8-11H2,1H3. The molecule has 0 aliphatic carbocycles. The molecule has 0 aromatic heterocycles. The summed E-state index contributed by atoms with van der Waals surface area (Å²) in [6, 6.07) is 8.10. The fourth-order valence-electron chi connectivity index (χ4n) is 1.26. The highest BCUT2D eigenvalue weighted by molar-refractivity contribution is 9.10. The number of ether oxygens (including phenoxy) is 2. The van der Waals surface area contributed by atoms with Crippen molar-refractivity contribution in [2.24, 2.45) is 0 Å². The van der Waals surface area contributed by atoms with E-state index in [4.69, 9.17) is 9.47 Å². The highest BCUT2D eigenvalue weighted by atomic mass is 79.9. The van der Waals surface area contributed by atoms with Gasteiger partial charge in [-0.15, -0.1) is 0 Å². The first-order valence-corrected chi connectivity index (χ1v) is 6.52. The first kappa shape index (κ1) is 13.7. The lowest BCUT2D eigenvalue weighted by atomic mass is 10.2. The van der Waals surface area contributed by atoms with Crippen LogP contribution in [-0.2, 0) is 16.1 Å². The SMILES string of the molecule is CCCCOCCOCc1ccccc1Br. The van der Waals surface area contributed by atoms with E-state index in [2.05, 4.69) is 28.9 Å². The predicted octanol–water partition coefficient (Wildman–Crippen LogP) is 3.78. The summed E-state index contributed by atoms with van der Waals surface area (Å²) in [5.41, 5.74) is 1.18. The van der Waals surface area contributed by atoms with E-state index >= 15 is 0 Å². The second-order valence-corrected chi connectivity index (χ2v) is 4.46. The summed E-state index contributed by atoms with van der Waals surface area (Å²) < 4.78 is 12.0. The second-order valence-electron chi connectivity index (χ2n) is 3.61. The maximum atomic E-state index is 5.53. The molecule has 0 bridgehead atoms. The van der Waals surface area contributed by atoms with Crippen molar-refractivity contribution in [2.45, 2.75) is 26.4 Å². The number of hydrogen-bond acceptors (Lipinski definition) is 2. The van der Waals surface area contributed by atoms with E-state index in [0.29, 0.717) is 19.8 Å². The summed E-state index contributed by atoms with van der Waals surface area (Å²) in [6.45, 7) is 4.98. The van der Waals surface area contributed by atoms with Crippen molar-refractivity contribution in [3.63, 3.8) is 0 Å². The van der Waals surface area contributed by atoms with Crippen LogP contribution in [0.4, 0.5) is 0 Å². The Morgan fingerprint density at radius 1 is 1.06 bits per heavy atom. The van der Waals surface area contributed by atoms with Crippen molar-refractivity contribution < 1.29 is 9.47 Å². The van der Waals surface area contributed by atoms with Crippen LogP contribution in [0.5, 0.6) is 0 Å². The van der Waals surface area contributed by atoms with E-state index in [-0.39, 0.29) is 0 Å². The third kappa shape index (κ3) is 5.64. The van der Waals surface area contributed by atoms with E-state index < -0.39 is 0 Å². The summed E-state index contributed by atoms with van der Waals surface area (Å²) >= 11 is 3.49. The smallest absolute Gasteiger partial charge is 0.0728 e. The fraction of sp³-hybridized carbons (Fsp3) is 0.538. The normalized spacial score (nSPS) is 10.6. The van der Waals surface area contributed by atoms with Gasteiger partial charge in [0.15, 0.2) is 0 Å². The first-order chi connectivity index (χ1) is 7.84. The zero-order chi connectivity index (χ0) is 11.6. The minimum absolute atomic E-state index is 0.637. The Balaban J connectivity index is 2.05. The van der Waals surface area contributed by atoms with Crippen LogP contribution in [-0.4, -0.2) is 19.8 Å². The van der Waals surface area contributed by atoms with Crippen LogP contribution in [0.3, 0.4) is 0 Å². The molecule has 90 valence electrons. The number of rotatable bonds is 8. The topological polar surface area (TPSA) is 18.5 Å². The lowest BCUT2D eigenvalue weighted by Gasteiger charge is -2.06. The largest absolute Gasteiger partial charge is 0.379 e. The van der Waals surface area contributed by atoms with Crippen LogP contribution in [0, 0.1) is 0 Å². The number of benzene rings is 1. The van der Waals surface area contributed by atoms with Gasteiger partial charge in [-0.05, 0) is 18.1 Å². The molecule has 0 unspecified atom stereocenters. The van der Waals surface area contributed by atoms with Crippen LogP contribution >= 0.6 is 15.9 Å². The molecule has 0 saturated carbocycles. The van der Waals surface area contributed by atoms with Crippen LogP contribution in [0.25, 0.3) is 0 Å². The Morgan fingerprint density at radius 3 is 2.56 bits per heavy atom. The minimum atomic E-state index is 0.637. The molecule has 0 N–H and O–H groups in total. The molecule has 16 heavy (non-hydrogen) atoms. The number of unbranched alkanes of at least 4 members (excludes halogenated alkanes) is 1. The van der Waals surface area contributed by atoms with E-state index in [9.17, 15) is 0 Å². The van der Waals surface area contributed by atoms with Crippen molar-refractivity contribution in [3.8, 4) is 0 Å². The monoisotopic (exact) mass is 286 g/mol. The zero-order valence-electron chi connectivity index (χ0n) is 9.75. The third-order valence-electron chi connectivity index (χ3n) is 2.23. The molecule has 1 rings (SSSR count). The lowest BCUT2D eigenvalue weighted by molar-refractivity contribution is 0.0395. The molecule has 1 aromatic carbocycles. The Labute approximate surface area is 106 Å². The van der Waals surface area contributed by atoms with Crippen LogP contribution in [0.15, 0.2) is 28.7 Å². The van der Waals surface area contributed by atoms with Gasteiger partial charge in [-0.3, -0.25) is 0 Å². The Morgan fingerprint density at radius 2 is 1.81 bits per heavy atom. The molecule has 3 heteroatoms. The Kier molecular flexibility index (Phi) is 7.47. The molecule has 0 aliphatic heterocycles. The van der Waals surface area contributed by atoms with Crippen LogP contribution < -0.4 is 0 Å².